The third kappa shape index (κ3) is 5.01. The van der Waals surface area contributed by atoms with Gasteiger partial charge >= 0.3 is 0 Å². The molecule has 0 unspecified atom stereocenters. The molecule has 0 amide bonds. The van der Waals surface area contributed by atoms with Crippen LogP contribution >= 0.6 is 11.3 Å². The van der Waals surface area contributed by atoms with Crippen molar-refractivity contribution in [3.63, 3.8) is 0 Å². The standard InChI is InChI=1S/C49H29N3OS/c1-3-11-30(12-4-1)31-19-21-34(22-20-31)48-50-47(33-14-5-2-6-15-33)51-49(52-48)39-26-25-37(46-45(39)38-17-9-10-18-41(38)53-46)35-24-27-42-40(29-35)44-36-16-8-7-13-32(36)23-28-43(44)54-42/h1-29H. The van der Waals surface area contributed by atoms with Crippen LogP contribution < -0.4 is 0 Å². The lowest BCUT2D eigenvalue weighted by Crippen LogP contribution is -2.00. The largest absolute Gasteiger partial charge is 0.455 e. The molecule has 54 heavy (non-hydrogen) atoms. The van der Waals surface area contributed by atoms with Crippen LogP contribution in [0, 0.1) is 0 Å². The van der Waals surface area contributed by atoms with Gasteiger partial charge in [-0.25, -0.2) is 15.0 Å². The molecular weight excluding hydrogens is 679 g/mol. The van der Waals surface area contributed by atoms with Crippen molar-refractivity contribution in [3.8, 4) is 56.4 Å². The maximum atomic E-state index is 6.77. The van der Waals surface area contributed by atoms with Gasteiger partial charge in [0, 0.05) is 53.2 Å². The zero-order valence-electron chi connectivity index (χ0n) is 28.9. The Hall–Kier alpha value is -6.95. The third-order valence-corrected chi connectivity index (χ3v) is 11.5. The zero-order chi connectivity index (χ0) is 35.6. The second kappa shape index (κ2) is 12.3. The number of nitrogens with zero attached hydrogens (tertiary/aromatic N) is 3. The first kappa shape index (κ1) is 30.7. The molecular formula is C49H29N3OS. The van der Waals surface area contributed by atoms with Crippen LogP contribution in [0.2, 0.25) is 0 Å². The lowest BCUT2D eigenvalue weighted by Gasteiger charge is -2.11. The summed E-state index contributed by atoms with van der Waals surface area (Å²) in [6, 6.07) is 61.4. The minimum Gasteiger partial charge on any atom is -0.455 e. The molecule has 0 N–H and O–H groups in total. The molecule has 3 aromatic heterocycles. The molecule has 0 spiro atoms. The van der Waals surface area contributed by atoms with Gasteiger partial charge in [-0.15, -0.1) is 11.3 Å². The topological polar surface area (TPSA) is 51.8 Å². The predicted molar refractivity (Wildman–Crippen MR) is 225 cm³/mol. The number of fused-ring (bicyclic) bond motifs is 8. The number of hydrogen-bond donors (Lipinski definition) is 0. The van der Waals surface area contributed by atoms with Crippen LogP contribution in [-0.4, -0.2) is 15.0 Å². The summed E-state index contributed by atoms with van der Waals surface area (Å²) in [5, 5.41) is 7.09. The second-order valence-corrected chi connectivity index (χ2v) is 14.6. The van der Waals surface area contributed by atoms with Gasteiger partial charge < -0.3 is 4.42 Å². The van der Waals surface area contributed by atoms with E-state index in [1.807, 2.05) is 59.9 Å². The number of furan rings is 1. The number of rotatable bonds is 5. The van der Waals surface area contributed by atoms with Crippen LogP contribution in [-0.2, 0) is 0 Å². The molecule has 0 aliphatic heterocycles. The van der Waals surface area contributed by atoms with Crippen LogP contribution in [0.4, 0.5) is 0 Å². The van der Waals surface area contributed by atoms with Crippen LogP contribution in [0.15, 0.2) is 180 Å². The fraction of sp³-hybridized carbons (Fsp3) is 0. The van der Waals surface area contributed by atoms with Crippen molar-refractivity contribution < 1.29 is 4.42 Å². The minimum absolute atomic E-state index is 0.597. The molecule has 0 aliphatic carbocycles. The van der Waals surface area contributed by atoms with Gasteiger partial charge in [-0.2, -0.15) is 0 Å². The molecule has 8 aromatic carbocycles. The molecule has 0 saturated carbocycles. The Morgan fingerprint density at radius 1 is 0.370 bits per heavy atom. The van der Waals surface area contributed by atoms with Gasteiger partial charge in [0.25, 0.3) is 0 Å². The van der Waals surface area contributed by atoms with Crippen LogP contribution in [0.5, 0.6) is 0 Å². The van der Waals surface area contributed by atoms with Crippen LogP contribution in [0.25, 0.3) is 109 Å². The Kier molecular flexibility index (Phi) is 7.00. The third-order valence-electron chi connectivity index (χ3n) is 10.4. The van der Waals surface area contributed by atoms with Crippen molar-refractivity contribution in [2.45, 2.75) is 0 Å². The molecule has 252 valence electrons. The molecule has 11 aromatic rings. The molecule has 0 bridgehead atoms. The van der Waals surface area contributed by atoms with Gasteiger partial charge in [-0.3, -0.25) is 0 Å². The Morgan fingerprint density at radius 2 is 0.944 bits per heavy atom. The zero-order valence-corrected chi connectivity index (χ0v) is 29.7. The van der Waals surface area contributed by atoms with Crippen molar-refractivity contribution in [2.75, 3.05) is 0 Å². The summed E-state index contributed by atoms with van der Waals surface area (Å²) in [5.74, 6) is 1.83. The monoisotopic (exact) mass is 707 g/mol. The lowest BCUT2D eigenvalue weighted by atomic mass is 9.96. The lowest BCUT2D eigenvalue weighted by molar-refractivity contribution is 0.670. The molecule has 0 saturated heterocycles. The summed E-state index contributed by atoms with van der Waals surface area (Å²) < 4.78 is 9.33. The maximum Gasteiger partial charge on any atom is 0.164 e. The first-order valence-corrected chi connectivity index (χ1v) is 18.8. The molecule has 5 heteroatoms. The quantitative estimate of drug-likeness (QED) is 0.179. The number of thiophene rings is 1. The molecule has 0 fully saturated rings. The molecule has 0 atom stereocenters. The summed E-state index contributed by atoms with van der Waals surface area (Å²) in [6.45, 7) is 0. The van der Waals surface area contributed by atoms with E-state index in [1.54, 1.807) is 0 Å². The fourth-order valence-electron chi connectivity index (χ4n) is 7.74. The van der Waals surface area contributed by atoms with Gasteiger partial charge in [-0.05, 0) is 63.9 Å². The maximum absolute atomic E-state index is 6.77. The van der Waals surface area contributed by atoms with E-state index in [2.05, 4.69) is 127 Å². The Labute approximate surface area is 314 Å². The number of para-hydroxylation sites is 1. The van der Waals surface area contributed by atoms with Gasteiger partial charge in [0.05, 0.1) is 0 Å². The Morgan fingerprint density at radius 3 is 1.74 bits per heavy atom. The van der Waals surface area contributed by atoms with Crippen LogP contribution in [0.1, 0.15) is 0 Å². The van der Waals surface area contributed by atoms with E-state index in [9.17, 15) is 0 Å². The van der Waals surface area contributed by atoms with E-state index in [-0.39, 0.29) is 0 Å². The Bertz CT molecular complexity index is 3200. The van der Waals surface area contributed by atoms with Gasteiger partial charge in [0.15, 0.2) is 17.5 Å². The van der Waals surface area contributed by atoms with Crippen molar-refractivity contribution in [1.29, 1.82) is 0 Å². The number of hydrogen-bond acceptors (Lipinski definition) is 5. The molecule has 3 heterocycles. The highest BCUT2D eigenvalue weighted by Crippen LogP contribution is 2.44. The summed E-state index contributed by atoms with van der Waals surface area (Å²) in [6.07, 6.45) is 0. The highest BCUT2D eigenvalue weighted by molar-refractivity contribution is 7.26. The van der Waals surface area contributed by atoms with E-state index in [0.717, 1.165) is 55.3 Å². The summed E-state index contributed by atoms with van der Waals surface area (Å²) in [5.41, 5.74) is 8.82. The SMILES string of the molecule is c1ccc(-c2ccc(-c3nc(-c4ccccc4)nc(-c4ccc(-c5ccc6sc7ccc8ccccc8c7c6c5)c5oc6ccccc6c45)n3)cc2)cc1. The second-order valence-electron chi connectivity index (χ2n) is 13.6. The molecule has 0 aliphatic rings. The first-order valence-electron chi connectivity index (χ1n) is 18.0. The average molecular weight is 708 g/mol. The van der Waals surface area contributed by atoms with Crippen LogP contribution in [0.3, 0.4) is 0 Å². The molecule has 0 radical (unpaired) electrons. The van der Waals surface area contributed by atoms with E-state index in [4.69, 9.17) is 19.4 Å². The normalized spacial score (nSPS) is 11.7. The highest BCUT2D eigenvalue weighted by Gasteiger charge is 2.21. The molecule has 4 nitrogen and oxygen atoms in total. The summed E-state index contributed by atoms with van der Waals surface area (Å²) in [7, 11) is 0. The van der Waals surface area contributed by atoms with Crippen molar-refractivity contribution in [1.82, 2.24) is 15.0 Å². The van der Waals surface area contributed by atoms with Crippen molar-refractivity contribution in [2.24, 2.45) is 0 Å². The van der Waals surface area contributed by atoms with Gasteiger partial charge in [-0.1, -0.05) is 140 Å². The minimum atomic E-state index is 0.597. The Balaban J connectivity index is 1.12. The van der Waals surface area contributed by atoms with Crippen molar-refractivity contribution in [3.05, 3.63) is 176 Å². The first-order chi connectivity index (χ1) is 26.7. The van der Waals surface area contributed by atoms with Gasteiger partial charge in [0.2, 0.25) is 0 Å². The van der Waals surface area contributed by atoms with E-state index in [1.165, 1.54) is 36.5 Å². The summed E-state index contributed by atoms with van der Waals surface area (Å²) in [4.78, 5) is 15.3. The van der Waals surface area contributed by atoms with E-state index >= 15 is 0 Å². The summed E-state index contributed by atoms with van der Waals surface area (Å²) >= 11 is 1.84. The number of aromatic nitrogens is 3. The van der Waals surface area contributed by atoms with E-state index < -0.39 is 0 Å². The van der Waals surface area contributed by atoms with Crippen molar-refractivity contribution >= 4 is 64.2 Å². The van der Waals surface area contributed by atoms with Gasteiger partial charge in [0.1, 0.15) is 11.2 Å². The predicted octanol–water partition coefficient (Wildman–Crippen LogP) is 13.6. The fourth-order valence-corrected chi connectivity index (χ4v) is 8.84. The highest BCUT2D eigenvalue weighted by atomic mass is 32.1. The van der Waals surface area contributed by atoms with E-state index in [0.29, 0.717) is 17.5 Å². The number of benzene rings is 8. The molecule has 11 rings (SSSR count). The average Bonchev–Trinajstić information content (AvgIpc) is 3.83. The smallest absolute Gasteiger partial charge is 0.164 e.